The topological polar surface area (TPSA) is 118 Å². The molecule has 32 heavy (non-hydrogen) atoms. The van der Waals surface area contributed by atoms with E-state index in [4.69, 9.17) is 5.26 Å². The Morgan fingerprint density at radius 2 is 2.09 bits per heavy atom. The highest BCUT2D eigenvalue weighted by molar-refractivity contribution is 5.91. The second-order valence-electron chi connectivity index (χ2n) is 7.85. The van der Waals surface area contributed by atoms with E-state index in [0.717, 1.165) is 46.9 Å². The summed E-state index contributed by atoms with van der Waals surface area (Å²) in [5.41, 5.74) is 5.67. The first kappa shape index (κ1) is 19.7. The molecule has 1 N–H and O–H groups in total. The fraction of sp³-hybridized carbons (Fsp3) is 0.273. The quantitative estimate of drug-likeness (QED) is 0.519. The molecule has 160 valence electrons. The lowest BCUT2D eigenvalue weighted by molar-refractivity contribution is -0.116. The molecule has 5 rings (SSSR count). The molecule has 10 nitrogen and oxygen atoms in total. The number of amides is 1. The number of anilines is 2. The predicted molar refractivity (Wildman–Crippen MR) is 118 cm³/mol. The Morgan fingerprint density at radius 3 is 2.91 bits per heavy atom. The maximum Gasteiger partial charge on any atom is 0.244 e. The van der Waals surface area contributed by atoms with Crippen LogP contribution in [0.1, 0.15) is 22.5 Å². The lowest BCUT2D eigenvalue weighted by atomic mass is 10.1. The van der Waals surface area contributed by atoms with Gasteiger partial charge in [0.15, 0.2) is 5.82 Å². The van der Waals surface area contributed by atoms with E-state index in [0.29, 0.717) is 17.8 Å². The lowest BCUT2D eigenvalue weighted by Crippen LogP contribution is -2.32. The smallest absolute Gasteiger partial charge is 0.244 e. The van der Waals surface area contributed by atoms with Crippen LogP contribution in [-0.2, 0) is 24.4 Å². The van der Waals surface area contributed by atoms with Crippen LogP contribution >= 0.6 is 0 Å². The summed E-state index contributed by atoms with van der Waals surface area (Å²) in [7, 11) is 0. The second kappa shape index (κ2) is 7.77. The van der Waals surface area contributed by atoms with E-state index in [1.54, 1.807) is 35.4 Å². The molecule has 4 aromatic rings. The fourth-order valence-corrected chi connectivity index (χ4v) is 4.02. The van der Waals surface area contributed by atoms with Crippen molar-refractivity contribution in [1.29, 1.82) is 5.26 Å². The molecule has 10 heteroatoms. The molecule has 1 aromatic carbocycles. The Morgan fingerprint density at radius 1 is 1.22 bits per heavy atom. The Labute approximate surface area is 184 Å². The van der Waals surface area contributed by atoms with Crippen molar-refractivity contribution in [3.05, 3.63) is 59.6 Å². The molecule has 0 atom stereocenters. The van der Waals surface area contributed by atoms with Gasteiger partial charge in [-0.25, -0.2) is 15.0 Å². The molecule has 0 radical (unpaired) electrons. The third-order valence-corrected chi connectivity index (χ3v) is 5.55. The number of hydrogen-bond donors (Lipinski definition) is 1. The van der Waals surface area contributed by atoms with Gasteiger partial charge in [0.05, 0.1) is 42.4 Å². The van der Waals surface area contributed by atoms with Gasteiger partial charge in [0.1, 0.15) is 23.9 Å². The van der Waals surface area contributed by atoms with Crippen molar-refractivity contribution in [2.75, 3.05) is 16.8 Å². The van der Waals surface area contributed by atoms with Crippen LogP contribution < -0.4 is 10.2 Å². The zero-order valence-electron chi connectivity index (χ0n) is 17.8. The number of nitrogens with one attached hydrogen (secondary N) is 1. The van der Waals surface area contributed by atoms with Gasteiger partial charge in [-0.15, -0.1) is 0 Å². The van der Waals surface area contributed by atoms with Crippen LogP contribution in [0, 0.1) is 25.2 Å². The van der Waals surface area contributed by atoms with Crippen LogP contribution in [0.25, 0.3) is 11.0 Å². The molecular weight excluding hydrogens is 406 g/mol. The number of benzene rings is 1. The molecule has 0 aliphatic carbocycles. The molecule has 4 heterocycles. The van der Waals surface area contributed by atoms with Crippen LogP contribution in [0.15, 0.2) is 37.1 Å². The average Bonchev–Trinajstić information content (AvgIpc) is 3.35. The maximum atomic E-state index is 12.5. The number of carbonyl (C=O) groups is 1. The summed E-state index contributed by atoms with van der Waals surface area (Å²) in [6.45, 7) is 6.06. The third-order valence-electron chi connectivity index (χ3n) is 5.55. The Bertz CT molecular complexity index is 1380. The Balaban J connectivity index is 1.27. The lowest BCUT2D eigenvalue weighted by Gasteiger charge is -2.27. The van der Waals surface area contributed by atoms with Crippen molar-refractivity contribution in [2.45, 2.75) is 33.5 Å². The van der Waals surface area contributed by atoms with Crippen LogP contribution in [-0.4, -0.2) is 41.8 Å². The molecule has 1 amide bonds. The highest BCUT2D eigenvalue weighted by Gasteiger charge is 2.24. The van der Waals surface area contributed by atoms with Gasteiger partial charge in [-0.2, -0.15) is 10.4 Å². The number of nitriles is 1. The van der Waals surface area contributed by atoms with E-state index < -0.39 is 0 Å². The van der Waals surface area contributed by atoms with Crippen molar-refractivity contribution >= 4 is 28.4 Å². The van der Waals surface area contributed by atoms with Crippen molar-refractivity contribution in [1.82, 2.24) is 29.3 Å². The van der Waals surface area contributed by atoms with Gasteiger partial charge in [-0.1, -0.05) is 0 Å². The first-order valence-electron chi connectivity index (χ1n) is 10.3. The molecule has 3 aromatic heterocycles. The van der Waals surface area contributed by atoms with E-state index in [1.807, 2.05) is 24.7 Å². The Kier molecular flexibility index (Phi) is 4.78. The first-order valence-corrected chi connectivity index (χ1v) is 10.3. The van der Waals surface area contributed by atoms with E-state index in [1.165, 1.54) is 0 Å². The molecule has 0 unspecified atom stereocenters. The third kappa shape index (κ3) is 3.54. The average molecular weight is 427 g/mol. The molecule has 0 fully saturated rings. The highest BCUT2D eigenvalue weighted by Crippen LogP contribution is 2.29. The highest BCUT2D eigenvalue weighted by atomic mass is 16.1. The zero-order chi connectivity index (χ0) is 22.2. The molecule has 0 spiro atoms. The van der Waals surface area contributed by atoms with Gasteiger partial charge < -0.3 is 14.8 Å². The van der Waals surface area contributed by atoms with Crippen molar-refractivity contribution in [3.63, 3.8) is 0 Å². The fourth-order valence-electron chi connectivity index (χ4n) is 4.02. The summed E-state index contributed by atoms with van der Waals surface area (Å²) in [6.07, 6.45) is 5.11. The number of rotatable bonds is 5. The number of aromatic nitrogens is 6. The summed E-state index contributed by atoms with van der Waals surface area (Å²) >= 11 is 0. The molecule has 0 saturated heterocycles. The van der Waals surface area contributed by atoms with E-state index in [2.05, 4.69) is 36.3 Å². The van der Waals surface area contributed by atoms with Crippen LogP contribution in [0.4, 0.5) is 11.5 Å². The number of nitrogens with zero attached hydrogens (tertiary/aromatic N) is 8. The summed E-state index contributed by atoms with van der Waals surface area (Å²) in [5, 5.41) is 16.5. The minimum absolute atomic E-state index is 0.149. The van der Waals surface area contributed by atoms with E-state index >= 15 is 0 Å². The van der Waals surface area contributed by atoms with Crippen LogP contribution in [0.2, 0.25) is 0 Å². The Hall–Kier alpha value is -4.26. The zero-order valence-corrected chi connectivity index (χ0v) is 17.8. The van der Waals surface area contributed by atoms with Gasteiger partial charge >= 0.3 is 0 Å². The van der Waals surface area contributed by atoms with Crippen LogP contribution in [0.3, 0.4) is 0 Å². The van der Waals surface area contributed by atoms with Gasteiger partial charge in [0, 0.05) is 18.4 Å². The standard InChI is InChI=1S/C22H21N9O/c1-14-7-17(4-3-16(14)8-23)27-19(32)11-29-9-18(26-13-29)10-30-5-6-31-21-20(15(2)28-31)24-12-25-22(21)30/h3-4,7,9,12-13H,5-6,10-11H2,1-2H3,(H,27,32). The summed E-state index contributed by atoms with van der Waals surface area (Å²) in [5.74, 6) is 0.693. The normalized spacial score (nSPS) is 12.7. The summed E-state index contributed by atoms with van der Waals surface area (Å²) in [6, 6.07) is 7.35. The van der Waals surface area contributed by atoms with Crippen molar-refractivity contribution < 1.29 is 4.79 Å². The van der Waals surface area contributed by atoms with Gasteiger partial charge in [-0.05, 0) is 37.6 Å². The molecule has 0 saturated carbocycles. The van der Waals surface area contributed by atoms with Gasteiger partial charge in [-0.3, -0.25) is 9.48 Å². The minimum atomic E-state index is -0.159. The van der Waals surface area contributed by atoms with E-state index in [9.17, 15) is 4.79 Å². The van der Waals surface area contributed by atoms with Crippen LogP contribution in [0.5, 0.6) is 0 Å². The van der Waals surface area contributed by atoms with Crippen molar-refractivity contribution in [2.24, 2.45) is 0 Å². The monoisotopic (exact) mass is 427 g/mol. The van der Waals surface area contributed by atoms with Gasteiger partial charge in [0.2, 0.25) is 5.91 Å². The molecule has 0 bridgehead atoms. The predicted octanol–water partition coefficient (Wildman–Crippen LogP) is 2.17. The largest absolute Gasteiger partial charge is 0.347 e. The molecule has 1 aliphatic heterocycles. The second-order valence-corrected chi connectivity index (χ2v) is 7.85. The number of imidazole rings is 1. The summed E-state index contributed by atoms with van der Waals surface area (Å²) < 4.78 is 3.72. The number of aryl methyl sites for hydroxylation is 2. The molecular formula is C22H21N9O. The number of hydrogen-bond acceptors (Lipinski definition) is 7. The minimum Gasteiger partial charge on any atom is -0.347 e. The number of carbonyl (C=O) groups excluding carboxylic acids is 1. The summed E-state index contributed by atoms with van der Waals surface area (Å²) in [4.78, 5) is 27.9. The molecule has 1 aliphatic rings. The maximum absolute atomic E-state index is 12.5. The first-order chi connectivity index (χ1) is 15.5. The SMILES string of the molecule is Cc1cc(NC(=O)Cn2cnc(CN3CCn4nc(C)c5ncnc3c54)c2)ccc1C#N. The van der Waals surface area contributed by atoms with Gasteiger partial charge in [0.25, 0.3) is 0 Å². The van der Waals surface area contributed by atoms with E-state index in [-0.39, 0.29) is 12.5 Å². The van der Waals surface area contributed by atoms with Crippen molar-refractivity contribution in [3.8, 4) is 6.07 Å².